The summed E-state index contributed by atoms with van der Waals surface area (Å²) < 4.78 is 6.58. The lowest BCUT2D eigenvalue weighted by Crippen LogP contribution is -3.07. The Hall–Kier alpha value is -3.03. The molecule has 4 aromatic rings. The number of quaternary nitrogens is 1. The van der Waals surface area contributed by atoms with Crippen LogP contribution in [0.3, 0.4) is 0 Å². The minimum atomic E-state index is 0.706. The summed E-state index contributed by atoms with van der Waals surface area (Å²) in [5, 5.41) is 9.26. The molecular formula is C22H25N6S+. The van der Waals surface area contributed by atoms with Gasteiger partial charge in [-0.05, 0) is 29.9 Å². The zero-order chi connectivity index (χ0) is 20.2. The molecule has 6 nitrogen and oxygen atoms in total. The molecule has 0 saturated heterocycles. The fraction of sp³-hybridized carbons (Fsp3) is 0.227. The quantitative estimate of drug-likeness (QED) is 0.480. The van der Waals surface area contributed by atoms with Crippen LogP contribution in [0.15, 0.2) is 73.1 Å². The Kier molecular flexibility index (Phi) is 5.69. The Labute approximate surface area is 175 Å². The van der Waals surface area contributed by atoms with E-state index in [2.05, 4.69) is 54.7 Å². The maximum Gasteiger partial charge on any atom is 0.202 e. The van der Waals surface area contributed by atoms with E-state index in [1.54, 1.807) is 0 Å². The highest BCUT2D eigenvalue weighted by molar-refractivity contribution is 7.71. The van der Waals surface area contributed by atoms with Gasteiger partial charge < -0.3 is 9.47 Å². The van der Waals surface area contributed by atoms with Crippen molar-refractivity contribution in [2.45, 2.75) is 19.6 Å². The maximum absolute atomic E-state index is 5.61. The molecule has 29 heavy (non-hydrogen) atoms. The van der Waals surface area contributed by atoms with Crippen LogP contribution >= 0.6 is 12.2 Å². The molecule has 0 aliphatic carbocycles. The van der Waals surface area contributed by atoms with Crippen molar-refractivity contribution in [2.75, 3.05) is 7.05 Å². The Morgan fingerprint density at radius 3 is 2.38 bits per heavy atom. The van der Waals surface area contributed by atoms with Crippen molar-refractivity contribution in [1.29, 1.82) is 0 Å². The molecule has 0 amide bonds. The molecule has 2 heterocycles. The minimum absolute atomic E-state index is 0.706. The molecule has 2 aromatic heterocycles. The molecule has 1 unspecified atom stereocenters. The van der Waals surface area contributed by atoms with Gasteiger partial charge in [0.15, 0.2) is 6.67 Å². The molecule has 0 bridgehead atoms. The first-order chi connectivity index (χ1) is 14.1. The second kappa shape index (κ2) is 8.55. The Morgan fingerprint density at radius 1 is 0.966 bits per heavy atom. The van der Waals surface area contributed by atoms with E-state index in [0.29, 0.717) is 6.67 Å². The third kappa shape index (κ3) is 4.52. The molecule has 0 fully saturated rings. The highest BCUT2D eigenvalue weighted by atomic mass is 32.1. The van der Waals surface area contributed by atoms with Gasteiger partial charge in [0.2, 0.25) is 4.77 Å². The molecule has 1 atom stereocenters. The van der Waals surface area contributed by atoms with Gasteiger partial charge in [-0.1, -0.05) is 48.5 Å². The van der Waals surface area contributed by atoms with Gasteiger partial charge in [-0.3, -0.25) is 0 Å². The predicted molar refractivity (Wildman–Crippen MR) is 115 cm³/mol. The maximum atomic E-state index is 5.61. The van der Waals surface area contributed by atoms with E-state index in [4.69, 9.17) is 17.3 Å². The van der Waals surface area contributed by atoms with Gasteiger partial charge in [0.1, 0.15) is 12.4 Å². The molecule has 7 heteroatoms. The van der Waals surface area contributed by atoms with Crippen molar-refractivity contribution in [3.8, 4) is 5.69 Å². The van der Waals surface area contributed by atoms with Crippen molar-refractivity contribution in [3.63, 3.8) is 0 Å². The monoisotopic (exact) mass is 405 g/mol. The summed E-state index contributed by atoms with van der Waals surface area (Å²) in [6.07, 6.45) is 4.78. The van der Waals surface area contributed by atoms with E-state index in [1.165, 1.54) is 16.0 Å². The molecule has 0 saturated carbocycles. The van der Waals surface area contributed by atoms with Gasteiger partial charge in [-0.2, -0.15) is 14.9 Å². The third-order valence-electron chi connectivity index (χ3n) is 4.92. The van der Waals surface area contributed by atoms with E-state index in [0.717, 1.165) is 29.2 Å². The molecule has 1 N–H and O–H groups in total. The van der Waals surface area contributed by atoms with Crippen LogP contribution in [-0.4, -0.2) is 31.2 Å². The summed E-state index contributed by atoms with van der Waals surface area (Å²) in [6.45, 7) is 1.55. The van der Waals surface area contributed by atoms with Crippen LogP contribution in [0.4, 0.5) is 0 Å². The first kappa shape index (κ1) is 19.3. The Bertz CT molecular complexity index is 1130. The van der Waals surface area contributed by atoms with Crippen LogP contribution in [0.5, 0.6) is 0 Å². The second-order valence-corrected chi connectivity index (χ2v) is 7.71. The molecule has 2 aromatic carbocycles. The summed E-state index contributed by atoms with van der Waals surface area (Å²) >= 11 is 5.61. The first-order valence-electron chi connectivity index (χ1n) is 9.67. The Morgan fingerprint density at radius 2 is 1.66 bits per heavy atom. The summed E-state index contributed by atoms with van der Waals surface area (Å²) in [5.74, 6) is 0.978. The van der Waals surface area contributed by atoms with E-state index >= 15 is 0 Å². The lowest BCUT2D eigenvalue weighted by atomic mass is 10.1. The van der Waals surface area contributed by atoms with E-state index in [1.807, 2.05) is 51.4 Å². The lowest BCUT2D eigenvalue weighted by Gasteiger charge is -2.12. The van der Waals surface area contributed by atoms with Gasteiger partial charge in [0.25, 0.3) is 0 Å². The van der Waals surface area contributed by atoms with Crippen LogP contribution in [0.25, 0.3) is 5.69 Å². The van der Waals surface area contributed by atoms with Crippen LogP contribution < -0.4 is 4.90 Å². The molecule has 0 spiro atoms. The zero-order valence-electron chi connectivity index (χ0n) is 16.7. The molecular weight excluding hydrogens is 380 g/mol. The first-order valence-corrected chi connectivity index (χ1v) is 10.1. The fourth-order valence-electron chi connectivity index (χ4n) is 3.40. The third-order valence-corrected chi connectivity index (χ3v) is 5.40. The molecule has 0 aliphatic heterocycles. The molecule has 0 aliphatic rings. The number of benzene rings is 2. The van der Waals surface area contributed by atoms with Gasteiger partial charge in [0, 0.05) is 25.2 Å². The summed E-state index contributed by atoms with van der Waals surface area (Å²) in [4.78, 5) is 1.29. The number of nitrogens with zero attached hydrogens (tertiary/aromatic N) is 5. The number of nitrogens with one attached hydrogen (secondary N) is 1. The molecule has 0 radical (unpaired) electrons. The van der Waals surface area contributed by atoms with Crippen molar-refractivity contribution < 1.29 is 4.90 Å². The summed E-state index contributed by atoms with van der Waals surface area (Å²) in [7, 11) is 4.14. The SMILES string of the molecule is Cn1c(Cc2ccccc2)nn(C[NH+](C)Cc2cnn(-c3ccccc3)c2)c1=S. The fourth-order valence-corrected chi connectivity index (χ4v) is 3.61. The average Bonchev–Trinajstić information content (AvgIpc) is 3.30. The largest absolute Gasteiger partial charge is 0.315 e. The number of aromatic nitrogens is 5. The highest BCUT2D eigenvalue weighted by Gasteiger charge is 2.13. The van der Waals surface area contributed by atoms with E-state index in [-0.39, 0.29) is 0 Å². The normalized spacial score (nSPS) is 12.2. The van der Waals surface area contributed by atoms with Crippen LogP contribution in [0, 0.1) is 4.77 Å². The van der Waals surface area contributed by atoms with Crippen LogP contribution in [-0.2, 0) is 26.7 Å². The van der Waals surface area contributed by atoms with Gasteiger partial charge >= 0.3 is 0 Å². The van der Waals surface area contributed by atoms with Crippen molar-refractivity contribution in [2.24, 2.45) is 7.05 Å². The molecule has 4 rings (SSSR count). The summed E-state index contributed by atoms with van der Waals surface area (Å²) in [6, 6.07) is 20.5. The second-order valence-electron chi connectivity index (χ2n) is 7.34. The lowest BCUT2D eigenvalue weighted by molar-refractivity contribution is -0.917. The standard InChI is InChI=1S/C22H24N6S/c1-25(15-19-14-23-27(16-19)20-11-7-4-8-12-20)17-28-22(29)26(2)21(24-28)13-18-9-5-3-6-10-18/h3-12,14,16H,13,15,17H2,1-2H3/p+1. The smallest absolute Gasteiger partial charge is 0.202 e. The average molecular weight is 406 g/mol. The highest BCUT2D eigenvalue weighted by Crippen LogP contribution is 2.08. The Balaban J connectivity index is 1.44. The van der Waals surface area contributed by atoms with Crippen molar-refractivity contribution >= 4 is 12.2 Å². The van der Waals surface area contributed by atoms with Crippen molar-refractivity contribution in [3.05, 3.63) is 94.8 Å². The van der Waals surface area contributed by atoms with E-state index in [9.17, 15) is 0 Å². The number of para-hydroxylation sites is 1. The number of hydrogen-bond acceptors (Lipinski definition) is 3. The van der Waals surface area contributed by atoms with Crippen LogP contribution in [0.1, 0.15) is 17.0 Å². The predicted octanol–water partition coefficient (Wildman–Crippen LogP) is 2.40. The van der Waals surface area contributed by atoms with Gasteiger partial charge in [0.05, 0.1) is 18.9 Å². The van der Waals surface area contributed by atoms with Gasteiger partial charge in [-0.15, -0.1) is 0 Å². The minimum Gasteiger partial charge on any atom is -0.315 e. The number of hydrogen-bond donors (Lipinski definition) is 1. The van der Waals surface area contributed by atoms with Crippen LogP contribution in [0.2, 0.25) is 0 Å². The van der Waals surface area contributed by atoms with Crippen molar-refractivity contribution in [1.82, 2.24) is 24.1 Å². The molecule has 148 valence electrons. The summed E-state index contributed by atoms with van der Waals surface area (Å²) in [5.41, 5.74) is 3.48. The van der Waals surface area contributed by atoms with E-state index < -0.39 is 0 Å². The topological polar surface area (TPSA) is 45.0 Å². The number of rotatable bonds is 7. The zero-order valence-corrected chi connectivity index (χ0v) is 17.5. The van der Waals surface area contributed by atoms with Gasteiger partial charge in [-0.25, -0.2) is 4.68 Å².